The van der Waals surface area contributed by atoms with Crippen LogP contribution in [0, 0.1) is 12.3 Å². The highest BCUT2D eigenvalue weighted by atomic mass is 32.2. The standard InChI is InChI=1S/C61H105N17O9S/c1-3-41-85-43-45-87-46-44-86-42-31-65-59-66-60(75-36-32-73(33-37-75)55(81)25-16-12-8-4-6-10-14-20-29-63-57(83)53(24-18-19-28-62)77-49-52(27-40-79)70-71-77)68-61(67-59)76-38-34-74(35-39-76)56(82)26-17-13-9-5-7-11-15-21-30-64-58(84)54(50-80)78-48-51(69-72-78)23-22-47-88-2/h1,48-49,53-54,79-80H,4-47,50,62H2,2H3,(H,63,83)(H,64,84)(H,65,66,67,68)/t53-,54+/m0/s1. The minimum absolute atomic E-state index is 0.0175. The lowest BCUT2D eigenvalue weighted by Gasteiger charge is -2.36. The molecule has 27 heteroatoms. The fourth-order valence-corrected chi connectivity index (χ4v) is 11.0. The number of aromatic nitrogens is 9. The Hall–Kier alpha value is -5.76. The lowest BCUT2D eigenvalue weighted by atomic mass is 10.1. The summed E-state index contributed by atoms with van der Waals surface area (Å²) in [7, 11) is 0. The van der Waals surface area contributed by atoms with Gasteiger partial charge in [-0.1, -0.05) is 93.4 Å². The number of amides is 4. The number of ether oxygens (including phenoxy) is 3. The number of nitrogens with zero attached hydrogens (tertiary/aromatic N) is 13. The fraction of sp³-hybridized carbons (Fsp3) is 0.787. The molecule has 4 amide bonds. The van der Waals surface area contributed by atoms with Crippen LogP contribution in [0.4, 0.5) is 17.8 Å². The van der Waals surface area contributed by atoms with E-state index >= 15 is 0 Å². The van der Waals surface area contributed by atoms with Gasteiger partial charge in [0.1, 0.15) is 12.6 Å². The van der Waals surface area contributed by atoms with Gasteiger partial charge in [-0.15, -0.1) is 16.6 Å². The third kappa shape index (κ3) is 28.8. The molecule has 5 heterocycles. The van der Waals surface area contributed by atoms with Gasteiger partial charge in [0.2, 0.25) is 41.5 Å². The summed E-state index contributed by atoms with van der Waals surface area (Å²) in [5, 5.41) is 45.0. The van der Waals surface area contributed by atoms with Crippen LogP contribution in [0.1, 0.15) is 165 Å². The number of thioether (sulfide) groups is 1. The number of aliphatic hydroxyl groups excluding tert-OH is 2. The average molecular weight is 1250 g/mol. The fourth-order valence-electron chi connectivity index (χ4n) is 10.6. The van der Waals surface area contributed by atoms with Crippen molar-refractivity contribution in [1.82, 2.24) is 65.4 Å². The van der Waals surface area contributed by atoms with E-state index in [1.807, 2.05) is 9.80 Å². The van der Waals surface area contributed by atoms with E-state index in [0.717, 1.165) is 140 Å². The molecule has 26 nitrogen and oxygen atoms in total. The molecule has 0 spiro atoms. The topological polar surface area (TPSA) is 312 Å². The number of nitrogens with two attached hydrogens (primary N) is 1. The quantitative estimate of drug-likeness (QED) is 0.0342. The number of piperazine rings is 2. The maximum atomic E-state index is 13.4. The Labute approximate surface area is 526 Å². The molecule has 88 heavy (non-hydrogen) atoms. The lowest BCUT2D eigenvalue weighted by Crippen LogP contribution is -2.50. The summed E-state index contributed by atoms with van der Waals surface area (Å²) >= 11 is 1.78. The lowest BCUT2D eigenvalue weighted by molar-refractivity contribution is -0.132. The Kier molecular flexibility index (Phi) is 37.7. The normalized spacial score (nSPS) is 14.3. The number of carbonyl (C=O) groups is 4. The molecule has 3 aromatic heterocycles. The van der Waals surface area contributed by atoms with Gasteiger partial charge < -0.3 is 65.7 Å². The van der Waals surface area contributed by atoms with Gasteiger partial charge in [0, 0.05) is 110 Å². The van der Waals surface area contributed by atoms with Crippen LogP contribution in [0.15, 0.2) is 12.4 Å². The smallest absolute Gasteiger partial charge is 0.247 e. The van der Waals surface area contributed by atoms with Gasteiger partial charge in [-0.25, -0.2) is 9.36 Å². The minimum Gasteiger partial charge on any atom is -0.396 e. The summed E-state index contributed by atoms with van der Waals surface area (Å²) in [5.74, 6) is 5.06. The van der Waals surface area contributed by atoms with Crippen LogP contribution in [0.5, 0.6) is 0 Å². The third-order valence-electron chi connectivity index (χ3n) is 15.7. The first-order valence-corrected chi connectivity index (χ1v) is 34.1. The molecule has 0 radical (unpaired) electrons. The number of unbranched alkanes of at least 4 members (excludes halogenated alkanes) is 15. The summed E-state index contributed by atoms with van der Waals surface area (Å²) in [5.41, 5.74) is 7.18. The SMILES string of the molecule is C#CCOCCOCCOCCNc1nc(N2CCN(C(=O)CCCCCCCCCCNC(=O)[C@@H](CO)n3cc(CCCSC)nn3)CC2)nc(N2CCN(C(=O)CCCCCCCCCCNC(=O)[C@H](CCCCN)n3cc(CCO)nn3)CC2)n1. The van der Waals surface area contributed by atoms with Crippen molar-refractivity contribution in [3.8, 4) is 12.3 Å². The van der Waals surface area contributed by atoms with Crippen LogP contribution in [-0.4, -0.2) is 232 Å². The van der Waals surface area contributed by atoms with E-state index in [-0.39, 0.29) is 43.4 Å². The van der Waals surface area contributed by atoms with Crippen molar-refractivity contribution in [1.29, 1.82) is 0 Å². The Morgan fingerprint density at radius 1 is 0.591 bits per heavy atom. The molecular weight excluding hydrogens is 1150 g/mol. The van der Waals surface area contributed by atoms with Gasteiger partial charge >= 0.3 is 0 Å². The highest BCUT2D eigenvalue weighted by molar-refractivity contribution is 7.98. The zero-order valence-electron chi connectivity index (χ0n) is 52.8. The predicted octanol–water partition coefficient (Wildman–Crippen LogP) is 4.14. The van der Waals surface area contributed by atoms with Crippen molar-refractivity contribution in [2.75, 3.05) is 159 Å². The molecule has 0 aliphatic carbocycles. The Morgan fingerprint density at radius 3 is 1.57 bits per heavy atom. The highest BCUT2D eigenvalue weighted by Gasteiger charge is 2.28. The van der Waals surface area contributed by atoms with Crippen LogP contribution >= 0.6 is 11.8 Å². The maximum absolute atomic E-state index is 13.4. The Morgan fingerprint density at radius 2 is 1.07 bits per heavy atom. The molecule has 2 saturated heterocycles. The van der Waals surface area contributed by atoms with Crippen molar-refractivity contribution < 1.29 is 43.6 Å². The average Bonchev–Trinajstić information content (AvgIpc) is 3.74. The molecule has 0 aromatic carbocycles. The van der Waals surface area contributed by atoms with Crippen molar-refractivity contribution in [3.05, 3.63) is 23.8 Å². The Bertz CT molecular complexity index is 2420. The van der Waals surface area contributed by atoms with Crippen molar-refractivity contribution in [2.45, 2.75) is 166 Å². The van der Waals surface area contributed by atoms with Crippen molar-refractivity contribution >= 4 is 53.2 Å². The van der Waals surface area contributed by atoms with E-state index in [1.165, 1.54) is 4.68 Å². The maximum Gasteiger partial charge on any atom is 0.247 e. The van der Waals surface area contributed by atoms with Crippen molar-refractivity contribution in [2.24, 2.45) is 5.73 Å². The van der Waals surface area contributed by atoms with Crippen molar-refractivity contribution in [3.63, 3.8) is 0 Å². The van der Waals surface area contributed by atoms with Crippen LogP contribution in [-0.2, 0) is 46.2 Å². The molecule has 494 valence electrons. The van der Waals surface area contributed by atoms with E-state index in [0.29, 0.717) is 161 Å². The first kappa shape index (κ1) is 73.0. The molecule has 5 rings (SSSR count). The van der Waals surface area contributed by atoms with Crippen LogP contribution in [0.25, 0.3) is 0 Å². The van der Waals surface area contributed by atoms with Crippen LogP contribution in [0.3, 0.4) is 0 Å². The number of hydrogen-bond acceptors (Lipinski definition) is 21. The zero-order chi connectivity index (χ0) is 62.7. The summed E-state index contributed by atoms with van der Waals surface area (Å²) in [6, 6.07) is -1.22. The number of nitrogens with one attached hydrogen (secondary N) is 3. The number of anilines is 3. The number of carbonyl (C=O) groups excluding carboxylic acids is 4. The van der Waals surface area contributed by atoms with Gasteiger partial charge in [-0.2, -0.15) is 26.7 Å². The number of aliphatic hydroxyl groups is 2. The van der Waals surface area contributed by atoms with E-state index in [9.17, 15) is 29.4 Å². The second-order valence-electron chi connectivity index (χ2n) is 22.6. The third-order valence-corrected chi connectivity index (χ3v) is 16.4. The number of rotatable bonds is 50. The summed E-state index contributed by atoms with van der Waals surface area (Å²) < 4.78 is 19.6. The second-order valence-corrected chi connectivity index (χ2v) is 23.6. The summed E-state index contributed by atoms with van der Waals surface area (Å²) in [6.07, 6.45) is 32.7. The van der Waals surface area contributed by atoms with Crippen LogP contribution in [0.2, 0.25) is 0 Å². The molecule has 0 unspecified atom stereocenters. The Balaban J connectivity index is 0.951. The van der Waals surface area contributed by atoms with Gasteiger partial charge in [-0.05, 0) is 76.3 Å². The molecule has 7 N–H and O–H groups in total. The molecule has 2 fully saturated rings. The van der Waals surface area contributed by atoms with E-state index < -0.39 is 12.1 Å². The van der Waals surface area contributed by atoms with E-state index in [1.54, 1.807) is 28.8 Å². The van der Waals surface area contributed by atoms with Gasteiger partial charge in [0.25, 0.3) is 0 Å². The number of hydrogen-bond donors (Lipinski definition) is 6. The highest BCUT2D eigenvalue weighted by Crippen LogP contribution is 2.22. The van der Waals surface area contributed by atoms with E-state index in [4.69, 9.17) is 41.3 Å². The van der Waals surface area contributed by atoms with Gasteiger partial charge in [0.15, 0.2) is 6.04 Å². The number of aryl methyl sites for hydroxylation is 1. The molecular formula is C61H105N17O9S. The number of terminal acetylenes is 1. The molecule has 0 bridgehead atoms. The molecule has 0 saturated carbocycles. The second kappa shape index (κ2) is 45.5. The molecule has 2 aliphatic rings. The predicted molar refractivity (Wildman–Crippen MR) is 342 cm³/mol. The molecule has 2 atom stereocenters. The first-order valence-electron chi connectivity index (χ1n) is 32.7. The van der Waals surface area contributed by atoms with Gasteiger partial charge in [-0.3, -0.25) is 19.2 Å². The zero-order valence-corrected chi connectivity index (χ0v) is 53.6. The minimum atomic E-state index is -0.776. The molecule has 2 aliphatic heterocycles. The van der Waals surface area contributed by atoms with E-state index in [2.05, 4.69) is 58.6 Å². The summed E-state index contributed by atoms with van der Waals surface area (Å²) in [4.78, 5) is 75.4. The first-order chi connectivity index (χ1) is 43.2. The molecule has 3 aromatic rings. The summed E-state index contributed by atoms with van der Waals surface area (Å²) in [6.45, 7) is 8.99. The largest absolute Gasteiger partial charge is 0.396 e. The van der Waals surface area contributed by atoms with Crippen LogP contribution < -0.4 is 31.5 Å². The monoisotopic (exact) mass is 1250 g/mol. The van der Waals surface area contributed by atoms with Gasteiger partial charge in [0.05, 0.1) is 51.0 Å².